The molecule has 1 aliphatic heterocycles. The summed E-state index contributed by atoms with van der Waals surface area (Å²) in [5.41, 5.74) is 0.702. The van der Waals surface area contributed by atoms with Crippen LogP contribution in [0.1, 0.15) is 26.2 Å². The zero-order valence-electron chi connectivity index (χ0n) is 7.73. The summed E-state index contributed by atoms with van der Waals surface area (Å²) in [6.45, 7) is 7.58. The summed E-state index contributed by atoms with van der Waals surface area (Å²) in [7, 11) is 0. The molecule has 0 unspecified atom stereocenters. The molecule has 1 aliphatic rings. The predicted octanol–water partition coefficient (Wildman–Crippen LogP) is 1.52. The highest BCUT2D eigenvalue weighted by molar-refractivity contribution is 5.94. The number of rotatable bonds is 3. The van der Waals surface area contributed by atoms with Gasteiger partial charge in [0.1, 0.15) is 0 Å². The van der Waals surface area contributed by atoms with E-state index >= 15 is 0 Å². The van der Waals surface area contributed by atoms with Crippen molar-refractivity contribution < 1.29 is 4.79 Å². The quantitative estimate of drug-likeness (QED) is 0.646. The second kappa shape index (κ2) is 4.41. The molecule has 1 saturated heterocycles. The fourth-order valence-electron chi connectivity index (χ4n) is 1.52. The Labute approximate surface area is 74.0 Å². The van der Waals surface area contributed by atoms with Gasteiger partial charge in [-0.2, -0.15) is 0 Å². The van der Waals surface area contributed by atoms with Crippen LogP contribution in [0, 0.1) is 5.92 Å². The van der Waals surface area contributed by atoms with E-state index in [0.29, 0.717) is 17.9 Å². The third-order valence-electron chi connectivity index (χ3n) is 2.41. The van der Waals surface area contributed by atoms with Crippen LogP contribution >= 0.6 is 0 Å². The number of hydrogen-bond acceptors (Lipinski definition) is 2. The van der Waals surface area contributed by atoms with Crippen molar-refractivity contribution in [1.82, 2.24) is 5.32 Å². The van der Waals surface area contributed by atoms with E-state index in [0.717, 1.165) is 25.9 Å². The third-order valence-corrected chi connectivity index (χ3v) is 2.41. The maximum atomic E-state index is 11.3. The van der Waals surface area contributed by atoms with Gasteiger partial charge in [-0.25, -0.2) is 0 Å². The van der Waals surface area contributed by atoms with Gasteiger partial charge in [-0.05, 0) is 44.3 Å². The van der Waals surface area contributed by atoms with Crippen molar-refractivity contribution >= 4 is 5.78 Å². The molecule has 0 aromatic rings. The van der Waals surface area contributed by atoms with Gasteiger partial charge >= 0.3 is 0 Å². The van der Waals surface area contributed by atoms with Crippen molar-refractivity contribution in [3.05, 3.63) is 12.2 Å². The predicted molar refractivity (Wildman–Crippen MR) is 50.0 cm³/mol. The van der Waals surface area contributed by atoms with Gasteiger partial charge in [0.2, 0.25) is 0 Å². The second-order valence-electron chi connectivity index (χ2n) is 3.60. The lowest BCUT2D eigenvalue weighted by Gasteiger charge is -2.21. The summed E-state index contributed by atoms with van der Waals surface area (Å²) < 4.78 is 0. The maximum absolute atomic E-state index is 11.3. The number of allylic oxidation sites excluding steroid dienone is 1. The molecule has 0 atom stereocenters. The first-order chi connectivity index (χ1) is 5.70. The van der Waals surface area contributed by atoms with Gasteiger partial charge in [0, 0.05) is 6.42 Å². The summed E-state index contributed by atoms with van der Waals surface area (Å²) >= 11 is 0. The molecule has 0 bridgehead atoms. The molecule has 0 amide bonds. The molecule has 0 radical (unpaired) electrons. The maximum Gasteiger partial charge on any atom is 0.158 e. The largest absolute Gasteiger partial charge is 0.317 e. The first-order valence-corrected chi connectivity index (χ1v) is 4.59. The summed E-state index contributed by atoms with van der Waals surface area (Å²) in [6.07, 6.45) is 2.98. The topological polar surface area (TPSA) is 29.1 Å². The van der Waals surface area contributed by atoms with Crippen molar-refractivity contribution in [2.75, 3.05) is 13.1 Å². The standard InChI is InChI=1S/C10H17NO/c1-8(2)10(12)7-9-3-5-11-6-4-9/h9,11H,1,3-7H2,2H3. The normalized spacial score (nSPS) is 19.1. The van der Waals surface area contributed by atoms with Crippen LogP contribution in [0.4, 0.5) is 0 Å². The molecule has 0 aromatic carbocycles. The second-order valence-corrected chi connectivity index (χ2v) is 3.60. The summed E-state index contributed by atoms with van der Waals surface area (Å²) in [6, 6.07) is 0. The highest BCUT2D eigenvalue weighted by Gasteiger charge is 2.16. The molecule has 0 aliphatic carbocycles. The van der Waals surface area contributed by atoms with E-state index in [1.165, 1.54) is 0 Å². The third kappa shape index (κ3) is 2.78. The number of carbonyl (C=O) groups excluding carboxylic acids is 1. The van der Waals surface area contributed by atoms with Gasteiger partial charge < -0.3 is 5.32 Å². The Morgan fingerprint density at radius 3 is 2.58 bits per heavy atom. The SMILES string of the molecule is C=C(C)C(=O)CC1CCNCC1. The van der Waals surface area contributed by atoms with Gasteiger partial charge in [-0.1, -0.05) is 6.58 Å². The van der Waals surface area contributed by atoms with Crippen LogP contribution in [0.5, 0.6) is 0 Å². The Balaban J connectivity index is 2.29. The Hall–Kier alpha value is -0.630. The molecule has 12 heavy (non-hydrogen) atoms. The molecule has 1 heterocycles. The van der Waals surface area contributed by atoms with Gasteiger partial charge in [0.15, 0.2) is 5.78 Å². The van der Waals surface area contributed by atoms with Crippen molar-refractivity contribution in [1.29, 1.82) is 0 Å². The van der Waals surface area contributed by atoms with Crippen LogP contribution in [0.3, 0.4) is 0 Å². The zero-order valence-corrected chi connectivity index (χ0v) is 7.73. The number of ketones is 1. The van der Waals surface area contributed by atoms with E-state index in [1.807, 2.05) is 0 Å². The van der Waals surface area contributed by atoms with Gasteiger partial charge in [-0.15, -0.1) is 0 Å². The highest BCUT2D eigenvalue weighted by Crippen LogP contribution is 2.17. The highest BCUT2D eigenvalue weighted by atomic mass is 16.1. The minimum Gasteiger partial charge on any atom is -0.317 e. The van der Waals surface area contributed by atoms with Crippen LogP contribution in [-0.2, 0) is 4.79 Å². The van der Waals surface area contributed by atoms with Crippen LogP contribution in [-0.4, -0.2) is 18.9 Å². The van der Waals surface area contributed by atoms with Crippen LogP contribution in [0.2, 0.25) is 0 Å². The lowest BCUT2D eigenvalue weighted by molar-refractivity contribution is -0.116. The average molecular weight is 167 g/mol. The Morgan fingerprint density at radius 1 is 1.50 bits per heavy atom. The summed E-state index contributed by atoms with van der Waals surface area (Å²) in [4.78, 5) is 11.3. The van der Waals surface area contributed by atoms with Crippen LogP contribution in [0.15, 0.2) is 12.2 Å². The molecule has 1 rings (SSSR count). The van der Waals surface area contributed by atoms with E-state index in [1.54, 1.807) is 6.92 Å². The fraction of sp³-hybridized carbons (Fsp3) is 0.700. The van der Waals surface area contributed by atoms with Crippen molar-refractivity contribution in [3.63, 3.8) is 0 Å². The molecule has 2 heteroatoms. The van der Waals surface area contributed by atoms with Gasteiger partial charge in [-0.3, -0.25) is 4.79 Å². The molecule has 2 nitrogen and oxygen atoms in total. The van der Waals surface area contributed by atoms with E-state index < -0.39 is 0 Å². The zero-order chi connectivity index (χ0) is 8.97. The molecule has 1 fully saturated rings. The number of hydrogen-bond donors (Lipinski definition) is 1. The molecule has 0 aromatic heterocycles. The molecule has 1 N–H and O–H groups in total. The first kappa shape index (κ1) is 9.46. The summed E-state index contributed by atoms with van der Waals surface area (Å²) in [5.74, 6) is 0.831. The van der Waals surface area contributed by atoms with Crippen molar-refractivity contribution in [2.24, 2.45) is 5.92 Å². The molecular formula is C10H17NO. The van der Waals surface area contributed by atoms with Crippen molar-refractivity contribution in [3.8, 4) is 0 Å². The van der Waals surface area contributed by atoms with E-state index in [-0.39, 0.29) is 5.78 Å². The monoisotopic (exact) mass is 167 g/mol. The van der Waals surface area contributed by atoms with E-state index in [4.69, 9.17) is 0 Å². The Kier molecular flexibility index (Phi) is 3.48. The van der Waals surface area contributed by atoms with Gasteiger partial charge in [0.25, 0.3) is 0 Å². The lowest BCUT2D eigenvalue weighted by Crippen LogP contribution is -2.28. The van der Waals surface area contributed by atoms with Crippen LogP contribution in [0.25, 0.3) is 0 Å². The molecule has 0 spiro atoms. The number of nitrogens with one attached hydrogen (secondary N) is 1. The Morgan fingerprint density at radius 2 is 2.08 bits per heavy atom. The van der Waals surface area contributed by atoms with E-state index in [2.05, 4.69) is 11.9 Å². The first-order valence-electron chi connectivity index (χ1n) is 4.59. The number of Topliss-reactive ketones (excluding diaryl/α,β-unsaturated/α-hetero) is 1. The van der Waals surface area contributed by atoms with Crippen molar-refractivity contribution in [2.45, 2.75) is 26.2 Å². The molecule has 68 valence electrons. The fourth-order valence-corrected chi connectivity index (χ4v) is 1.52. The number of carbonyl (C=O) groups is 1. The van der Waals surface area contributed by atoms with Crippen LogP contribution < -0.4 is 5.32 Å². The molecular weight excluding hydrogens is 150 g/mol. The minimum absolute atomic E-state index is 0.238. The smallest absolute Gasteiger partial charge is 0.158 e. The summed E-state index contributed by atoms with van der Waals surface area (Å²) in [5, 5.41) is 3.28. The van der Waals surface area contributed by atoms with Gasteiger partial charge in [0.05, 0.1) is 0 Å². The lowest BCUT2D eigenvalue weighted by atomic mass is 9.91. The minimum atomic E-state index is 0.238. The number of piperidine rings is 1. The molecule has 0 saturated carbocycles. The van der Waals surface area contributed by atoms with E-state index in [9.17, 15) is 4.79 Å². The Bertz CT molecular complexity index is 180. The average Bonchev–Trinajstić information content (AvgIpc) is 2.06.